The van der Waals surface area contributed by atoms with Crippen LogP contribution in [0.1, 0.15) is 24.5 Å². The Kier molecular flexibility index (Phi) is 3.32. The molecule has 2 heteroatoms. The van der Waals surface area contributed by atoms with Crippen LogP contribution in [0, 0.1) is 6.92 Å². The van der Waals surface area contributed by atoms with E-state index >= 15 is 0 Å². The molecule has 0 radical (unpaired) electrons. The van der Waals surface area contributed by atoms with Crippen molar-refractivity contribution in [3.8, 4) is 0 Å². The molecule has 0 saturated carbocycles. The van der Waals surface area contributed by atoms with Crippen molar-refractivity contribution in [3.05, 3.63) is 29.3 Å². The van der Waals surface area contributed by atoms with E-state index in [2.05, 4.69) is 12.1 Å². The van der Waals surface area contributed by atoms with Gasteiger partial charge in [-0.05, 0) is 43.9 Å². The zero-order valence-corrected chi connectivity index (χ0v) is 8.38. The summed E-state index contributed by atoms with van der Waals surface area (Å²) in [5.41, 5.74) is 14.7. The van der Waals surface area contributed by atoms with Gasteiger partial charge in [-0.2, -0.15) is 0 Å². The molecule has 0 heterocycles. The lowest BCUT2D eigenvalue weighted by Crippen LogP contribution is -2.15. The quantitative estimate of drug-likeness (QED) is 0.694. The van der Waals surface area contributed by atoms with Crippen LogP contribution in [0.15, 0.2) is 18.2 Å². The number of rotatable bonds is 3. The van der Waals surface area contributed by atoms with Gasteiger partial charge in [0, 0.05) is 11.7 Å². The van der Waals surface area contributed by atoms with Gasteiger partial charge in [0.2, 0.25) is 0 Å². The number of aryl methyl sites for hydroxylation is 2. The van der Waals surface area contributed by atoms with E-state index in [0.29, 0.717) is 0 Å². The molecule has 0 aliphatic carbocycles. The van der Waals surface area contributed by atoms with Gasteiger partial charge in [0.15, 0.2) is 0 Å². The van der Waals surface area contributed by atoms with E-state index in [9.17, 15) is 0 Å². The van der Waals surface area contributed by atoms with Gasteiger partial charge in [0.05, 0.1) is 0 Å². The SMILES string of the molecule is Cc1cc(CC[C@H](C)N)ccc1N. The molecule has 72 valence electrons. The summed E-state index contributed by atoms with van der Waals surface area (Å²) in [7, 11) is 0. The highest BCUT2D eigenvalue weighted by molar-refractivity contribution is 5.47. The maximum Gasteiger partial charge on any atom is 0.0343 e. The molecule has 0 spiro atoms. The average molecular weight is 178 g/mol. The lowest BCUT2D eigenvalue weighted by atomic mass is 10.0. The first-order valence-electron chi connectivity index (χ1n) is 4.70. The minimum atomic E-state index is 0.276. The zero-order valence-electron chi connectivity index (χ0n) is 8.38. The Bertz CT molecular complexity index is 279. The highest BCUT2D eigenvalue weighted by Gasteiger charge is 1.98. The molecule has 13 heavy (non-hydrogen) atoms. The standard InChI is InChI=1S/C11H18N2/c1-8-7-10(4-3-9(2)12)5-6-11(8)13/h5-7,9H,3-4,12-13H2,1-2H3/t9-/m0/s1. The monoisotopic (exact) mass is 178 g/mol. The first-order valence-corrected chi connectivity index (χ1v) is 4.70. The van der Waals surface area contributed by atoms with Gasteiger partial charge in [-0.15, -0.1) is 0 Å². The van der Waals surface area contributed by atoms with Crippen molar-refractivity contribution in [2.45, 2.75) is 32.7 Å². The van der Waals surface area contributed by atoms with Crippen LogP contribution >= 0.6 is 0 Å². The smallest absolute Gasteiger partial charge is 0.0343 e. The van der Waals surface area contributed by atoms with E-state index < -0.39 is 0 Å². The topological polar surface area (TPSA) is 52.0 Å². The second kappa shape index (κ2) is 4.28. The lowest BCUT2D eigenvalue weighted by Gasteiger charge is -2.06. The Morgan fingerprint density at radius 1 is 1.38 bits per heavy atom. The first kappa shape index (κ1) is 10.1. The summed E-state index contributed by atoms with van der Waals surface area (Å²) in [6.07, 6.45) is 2.07. The van der Waals surface area contributed by atoms with Gasteiger partial charge in [-0.3, -0.25) is 0 Å². The summed E-state index contributed by atoms with van der Waals surface area (Å²) < 4.78 is 0. The van der Waals surface area contributed by atoms with Crippen molar-refractivity contribution < 1.29 is 0 Å². The van der Waals surface area contributed by atoms with E-state index in [1.807, 2.05) is 19.9 Å². The van der Waals surface area contributed by atoms with Gasteiger partial charge in [-0.25, -0.2) is 0 Å². The van der Waals surface area contributed by atoms with Crippen LogP contribution in [0.3, 0.4) is 0 Å². The van der Waals surface area contributed by atoms with Crippen LogP contribution in [0.25, 0.3) is 0 Å². The molecule has 0 unspecified atom stereocenters. The zero-order chi connectivity index (χ0) is 9.84. The number of hydrogen-bond donors (Lipinski definition) is 2. The van der Waals surface area contributed by atoms with Crippen LogP contribution in [-0.2, 0) is 6.42 Å². The number of benzene rings is 1. The molecule has 0 saturated heterocycles. The van der Waals surface area contributed by atoms with Crippen molar-refractivity contribution in [3.63, 3.8) is 0 Å². The number of nitrogen functional groups attached to an aromatic ring is 1. The molecule has 1 aromatic rings. The van der Waals surface area contributed by atoms with Crippen LogP contribution in [-0.4, -0.2) is 6.04 Å². The maximum absolute atomic E-state index is 5.72. The van der Waals surface area contributed by atoms with E-state index in [-0.39, 0.29) is 6.04 Å². The van der Waals surface area contributed by atoms with E-state index in [0.717, 1.165) is 24.1 Å². The third kappa shape index (κ3) is 3.07. The normalized spacial score (nSPS) is 12.8. The second-order valence-corrected chi connectivity index (χ2v) is 3.71. The van der Waals surface area contributed by atoms with Gasteiger partial charge >= 0.3 is 0 Å². The Morgan fingerprint density at radius 2 is 2.08 bits per heavy atom. The molecule has 4 N–H and O–H groups in total. The highest BCUT2D eigenvalue weighted by Crippen LogP contribution is 2.14. The molecule has 0 aliphatic rings. The Labute approximate surface area is 79.9 Å². The van der Waals surface area contributed by atoms with Crippen molar-refractivity contribution in [1.82, 2.24) is 0 Å². The van der Waals surface area contributed by atoms with Gasteiger partial charge in [0.1, 0.15) is 0 Å². The minimum absolute atomic E-state index is 0.276. The Hall–Kier alpha value is -1.02. The van der Waals surface area contributed by atoms with Crippen LogP contribution < -0.4 is 11.5 Å². The fourth-order valence-corrected chi connectivity index (χ4v) is 1.29. The molecule has 0 amide bonds. The van der Waals surface area contributed by atoms with Crippen molar-refractivity contribution in [2.24, 2.45) is 5.73 Å². The van der Waals surface area contributed by atoms with Gasteiger partial charge in [0.25, 0.3) is 0 Å². The average Bonchev–Trinajstić information content (AvgIpc) is 2.07. The van der Waals surface area contributed by atoms with E-state index in [1.165, 1.54) is 5.56 Å². The summed E-state index contributed by atoms with van der Waals surface area (Å²) >= 11 is 0. The first-order chi connectivity index (χ1) is 6.09. The molecule has 1 aromatic carbocycles. The van der Waals surface area contributed by atoms with Gasteiger partial charge in [-0.1, -0.05) is 12.1 Å². The van der Waals surface area contributed by atoms with Crippen molar-refractivity contribution >= 4 is 5.69 Å². The summed E-state index contributed by atoms with van der Waals surface area (Å²) in [4.78, 5) is 0. The molecule has 1 atom stereocenters. The van der Waals surface area contributed by atoms with E-state index in [4.69, 9.17) is 11.5 Å². The minimum Gasteiger partial charge on any atom is -0.399 e. The van der Waals surface area contributed by atoms with Gasteiger partial charge < -0.3 is 11.5 Å². The van der Waals surface area contributed by atoms with Crippen molar-refractivity contribution in [1.29, 1.82) is 0 Å². The molecule has 0 bridgehead atoms. The van der Waals surface area contributed by atoms with Crippen LogP contribution in [0.4, 0.5) is 5.69 Å². The third-order valence-corrected chi connectivity index (χ3v) is 2.22. The van der Waals surface area contributed by atoms with E-state index in [1.54, 1.807) is 0 Å². The summed E-state index contributed by atoms with van der Waals surface area (Å²) in [6.45, 7) is 4.06. The summed E-state index contributed by atoms with van der Waals surface area (Å²) in [5.74, 6) is 0. The summed E-state index contributed by atoms with van der Waals surface area (Å²) in [6, 6.07) is 6.45. The predicted octanol–water partition coefficient (Wildman–Crippen LogP) is 1.86. The number of anilines is 1. The molecule has 1 rings (SSSR count). The lowest BCUT2D eigenvalue weighted by molar-refractivity contribution is 0.666. The maximum atomic E-state index is 5.72. The Balaban J connectivity index is 2.63. The summed E-state index contributed by atoms with van der Waals surface area (Å²) in [5, 5.41) is 0. The fraction of sp³-hybridized carbons (Fsp3) is 0.455. The van der Waals surface area contributed by atoms with Crippen LogP contribution in [0.2, 0.25) is 0 Å². The third-order valence-electron chi connectivity index (χ3n) is 2.22. The fourth-order valence-electron chi connectivity index (χ4n) is 1.29. The molecule has 0 fully saturated rings. The highest BCUT2D eigenvalue weighted by atomic mass is 14.6. The molecular weight excluding hydrogens is 160 g/mol. The molecule has 0 aliphatic heterocycles. The molecular formula is C11H18N2. The number of nitrogens with two attached hydrogens (primary N) is 2. The predicted molar refractivity (Wildman–Crippen MR) is 57.6 cm³/mol. The largest absolute Gasteiger partial charge is 0.399 e. The second-order valence-electron chi connectivity index (χ2n) is 3.71. The van der Waals surface area contributed by atoms with Crippen LogP contribution in [0.5, 0.6) is 0 Å². The Morgan fingerprint density at radius 3 is 2.62 bits per heavy atom. The molecule has 0 aromatic heterocycles. The molecule has 2 nitrogen and oxygen atoms in total. The van der Waals surface area contributed by atoms with Crippen molar-refractivity contribution in [2.75, 3.05) is 5.73 Å². The number of hydrogen-bond acceptors (Lipinski definition) is 2.